The molecule has 0 unspecified atom stereocenters. The molecule has 0 amide bonds. The van der Waals surface area contributed by atoms with Gasteiger partial charge in [-0.2, -0.15) is 0 Å². The smallest absolute Gasteiger partial charge is 0.331 e. The van der Waals surface area contributed by atoms with Gasteiger partial charge in [0.15, 0.2) is 11.4 Å². The number of rotatable bonds is 3. The molecule has 1 N–H and O–H groups in total. The molecule has 0 atom stereocenters. The molecule has 1 heterocycles. The Morgan fingerprint density at radius 2 is 2.10 bits per heavy atom. The first-order valence-electron chi connectivity index (χ1n) is 6.03. The topological polar surface area (TPSA) is 80.9 Å². The number of carboxylic acid groups (broad SMARTS) is 1. The zero-order chi connectivity index (χ0) is 14.3. The molecule has 0 aliphatic heterocycles. The summed E-state index contributed by atoms with van der Waals surface area (Å²) in [4.78, 5) is 11.6. The van der Waals surface area contributed by atoms with E-state index in [1.54, 1.807) is 18.2 Å². The van der Waals surface area contributed by atoms with Crippen molar-refractivity contribution in [2.45, 2.75) is 24.8 Å². The van der Waals surface area contributed by atoms with Gasteiger partial charge in [-0.1, -0.05) is 29.3 Å². The molecule has 0 radical (unpaired) electrons. The van der Waals surface area contributed by atoms with Crippen molar-refractivity contribution >= 4 is 29.2 Å². The van der Waals surface area contributed by atoms with Gasteiger partial charge < -0.3 is 5.11 Å². The standard InChI is InChI=1S/C12H10Cl2N4O2/c13-8-4-1-3-7(9(8)14)10-15-16-17-18(10)12(11(19)20)5-2-6-12/h1,3-4H,2,5-6H2,(H,19,20). The first-order chi connectivity index (χ1) is 9.56. The lowest BCUT2D eigenvalue weighted by atomic mass is 9.76. The molecule has 0 bridgehead atoms. The summed E-state index contributed by atoms with van der Waals surface area (Å²) >= 11 is 12.1. The van der Waals surface area contributed by atoms with Crippen LogP contribution in [-0.2, 0) is 10.3 Å². The van der Waals surface area contributed by atoms with Crippen LogP contribution < -0.4 is 0 Å². The number of carboxylic acids is 1. The van der Waals surface area contributed by atoms with Crippen molar-refractivity contribution < 1.29 is 9.90 Å². The monoisotopic (exact) mass is 312 g/mol. The van der Waals surface area contributed by atoms with Crippen molar-refractivity contribution in [2.75, 3.05) is 0 Å². The molecule has 1 saturated carbocycles. The number of hydrogen-bond donors (Lipinski definition) is 1. The lowest BCUT2D eigenvalue weighted by Gasteiger charge is -2.37. The summed E-state index contributed by atoms with van der Waals surface area (Å²) in [5.41, 5.74) is -0.554. The number of halogens is 2. The van der Waals surface area contributed by atoms with Gasteiger partial charge in [-0.05, 0) is 41.8 Å². The summed E-state index contributed by atoms with van der Waals surface area (Å²) in [6.07, 6.45) is 1.83. The number of nitrogens with zero attached hydrogens (tertiary/aromatic N) is 4. The van der Waals surface area contributed by atoms with Crippen molar-refractivity contribution in [1.82, 2.24) is 20.2 Å². The van der Waals surface area contributed by atoms with Crippen molar-refractivity contribution in [3.05, 3.63) is 28.2 Å². The Hall–Kier alpha value is -1.66. The summed E-state index contributed by atoms with van der Waals surface area (Å²) in [5.74, 6) is -0.616. The fraction of sp³-hybridized carbons (Fsp3) is 0.333. The number of aromatic nitrogens is 4. The summed E-state index contributed by atoms with van der Waals surface area (Å²) in [6.45, 7) is 0. The van der Waals surface area contributed by atoms with Crippen LogP contribution in [0.25, 0.3) is 11.4 Å². The minimum atomic E-state index is -1.08. The normalized spacial score (nSPS) is 16.7. The molecular weight excluding hydrogens is 303 g/mol. The van der Waals surface area contributed by atoms with Gasteiger partial charge in [0.25, 0.3) is 0 Å². The quantitative estimate of drug-likeness (QED) is 0.942. The van der Waals surface area contributed by atoms with Gasteiger partial charge in [0, 0.05) is 5.56 Å². The summed E-state index contributed by atoms with van der Waals surface area (Å²) < 4.78 is 1.34. The molecule has 1 aliphatic carbocycles. The van der Waals surface area contributed by atoms with Crippen molar-refractivity contribution in [1.29, 1.82) is 0 Å². The third-order valence-electron chi connectivity index (χ3n) is 3.65. The average molecular weight is 313 g/mol. The minimum absolute atomic E-state index is 0.310. The second kappa shape index (κ2) is 4.71. The Morgan fingerprint density at radius 3 is 2.70 bits per heavy atom. The predicted octanol–water partition coefficient (Wildman–Crippen LogP) is 2.61. The van der Waals surface area contributed by atoms with Crippen LogP contribution in [0.5, 0.6) is 0 Å². The Bertz CT molecular complexity index is 682. The average Bonchev–Trinajstić information content (AvgIpc) is 2.80. The van der Waals surface area contributed by atoms with E-state index in [-0.39, 0.29) is 0 Å². The molecule has 1 fully saturated rings. The molecule has 1 aromatic carbocycles. The van der Waals surface area contributed by atoms with Crippen molar-refractivity contribution in [3.8, 4) is 11.4 Å². The number of carbonyl (C=O) groups is 1. The number of tetrazole rings is 1. The molecule has 0 spiro atoms. The maximum atomic E-state index is 11.6. The van der Waals surface area contributed by atoms with E-state index in [0.29, 0.717) is 34.3 Å². The SMILES string of the molecule is O=C(O)C1(n2nnnc2-c2cccc(Cl)c2Cl)CCC1. The van der Waals surface area contributed by atoms with Crippen LogP contribution in [0.2, 0.25) is 10.0 Å². The van der Waals surface area contributed by atoms with Crippen LogP contribution in [0.3, 0.4) is 0 Å². The molecule has 6 nitrogen and oxygen atoms in total. The van der Waals surface area contributed by atoms with Crippen LogP contribution in [0, 0.1) is 0 Å². The summed E-state index contributed by atoms with van der Waals surface area (Å²) in [7, 11) is 0. The second-order valence-corrected chi connectivity index (χ2v) is 5.49. The minimum Gasteiger partial charge on any atom is -0.479 e. The lowest BCUT2D eigenvalue weighted by Crippen LogP contribution is -2.48. The van der Waals surface area contributed by atoms with E-state index in [0.717, 1.165) is 6.42 Å². The van der Waals surface area contributed by atoms with Gasteiger partial charge in [-0.25, -0.2) is 9.48 Å². The highest BCUT2D eigenvalue weighted by atomic mass is 35.5. The van der Waals surface area contributed by atoms with E-state index < -0.39 is 11.5 Å². The van der Waals surface area contributed by atoms with Crippen LogP contribution >= 0.6 is 23.2 Å². The molecule has 8 heteroatoms. The Balaban J connectivity index is 2.16. The fourth-order valence-electron chi connectivity index (χ4n) is 2.35. The second-order valence-electron chi connectivity index (χ2n) is 4.71. The Kier molecular flexibility index (Phi) is 3.14. The molecule has 3 rings (SSSR count). The zero-order valence-corrected chi connectivity index (χ0v) is 11.8. The van der Waals surface area contributed by atoms with E-state index in [4.69, 9.17) is 23.2 Å². The third kappa shape index (κ3) is 1.79. The van der Waals surface area contributed by atoms with E-state index in [1.807, 2.05) is 0 Å². The van der Waals surface area contributed by atoms with Crippen molar-refractivity contribution in [3.63, 3.8) is 0 Å². The molecule has 1 aromatic heterocycles. The molecule has 0 saturated heterocycles. The largest absolute Gasteiger partial charge is 0.479 e. The maximum absolute atomic E-state index is 11.6. The number of benzene rings is 1. The summed E-state index contributed by atoms with van der Waals surface area (Å²) in [6, 6.07) is 5.08. The molecule has 1 aliphatic rings. The summed E-state index contributed by atoms with van der Waals surface area (Å²) in [5, 5.41) is 21.5. The highest BCUT2D eigenvalue weighted by Crippen LogP contribution is 2.42. The van der Waals surface area contributed by atoms with E-state index in [1.165, 1.54) is 4.68 Å². The van der Waals surface area contributed by atoms with Gasteiger partial charge in [0.1, 0.15) is 0 Å². The lowest BCUT2D eigenvalue weighted by molar-refractivity contribution is -0.153. The van der Waals surface area contributed by atoms with Gasteiger partial charge >= 0.3 is 5.97 Å². The third-order valence-corrected chi connectivity index (χ3v) is 4.47. The highest BCUT2D eigenvalue weighted by molar-refractivity contribution is 6.43. The van der Waals surface area contributed by atoms with Gasteiger partial charge in [-0.15, -0.1) is 5.10 Å². The Labute approximate surface area is 124 Å². The molecule has 2 aromatic rings. The highest BCUT2D eigenvalue weighted by Gasteiger charge is 2.49. The molecule has 20 heavy (non-hydrogen) atoms. The van der Waals surface area contributed by atoms with Crippen LogP contribution in [0.4, 0.5) is 0 Å². The molecular formula is C12H10Cl2N4O2. The maximum Gasteiger partial charge on any atom is 0.331 e. The fourth-order valence-corrected chi connectivity index (χ4v) is 2.73. The number of aliphatic carboxylic acids is 1. The number of hydrogen-bond acceptors (Lipinski definition) is 4. The first-order valence-corrected chi connectivity index (χ1v) is 6.78. The van der Waals surface area contributed by atoms with Gasteiger partial charge in [0.2, 0.25) is 0 Å². The van der Waals surface area contributed by atoms with Crippen LogP contribution in [0.15, 0.2) is 18.2 Å². The molecule has 104 valence electrons. The van der Waals surface area contributed by atoms with Gasteiger partial charge in [-0.3, -0.25) is 0 Å². The van der Waals surface area contributed by atoms with Crippen LogP contribution in [-0.4, -0.2) is 31.3 Å². The van der Waals surface area contributed by atoms with E-state index in [2.05, 4.69) is 15.5 Å². The predicted molar refractivity (Wildman–Crippen MR) is 72.7 cm³/mol. The zero-order valence-electron chi connectivity index (χ0n) is 10.3. The first kappa shape index (κ1) is 13.3. The van der Waals surface area contributed by atoms with Crippen LogP contribution in [0.1, 0.15) is 19.3 Å². The van der Waals surface area contributed by atoms with Crippen molar-refractivity contribution in [2.24, 2.45) is 0 Å². The van der Waals surface area contributed by atoms with Gasteiger partial charge in [0.05, 0.1) is 10.0 Å². The van der Waals surface area contributed by atoms with E-state index in [9.17, 15) is 9.90 Å². The van der Waals surface area contributed by atoms with E-state index >= 15 is 0 Å². The Morgan fingerprint density at radius 1 is 1.35 bits per heavy atom.